The molecule has 1 aliphatic rings. The summed E-state index contributed by atoms with van der Waals surface area (Å²) in [6, 6.07) is 0. The topological polar surface area (TPSA) is 105 Å². The van der Waals surface area contributed by atoms with Gasteiger partial charge < -0.3 is 14.9 Å². The molecule has 0 spiro atoms. The largest absolute Gasteiger partial charge is 0.481 e. The summed E-state index contributed by atoms with van der Waals surface area (Å²) in [5.41, 5.74) is -0.893. The Morgan fingerprint density at radius 3 is 2.54 bits per heavy atom. The van der Waals surface area contributed by atoms with Crippen molar-refractivity contribution in [2.45, 2.75) is 71.1 Å². The van der Waals surface area contributed by atoms with Crippen LogP contribution in [-0.4, -0.2) is 33.7 Å². The number of aromatic nitrogens is 2. The molecule has 2 N–H and O–H groups in total. The lowest BCUT2D eigenvalue weighted by Crippen LogP contribution is -2.42. The van der Waals surface area contributed by atoms with Crippen molar-refractivity contribution in [2.24, 2.45) is 5.41 Å². The van der Waals surface area contributed by atoms with Crippen molar-refractivity contribution < 1.29 is 19.2 Å². The zero-order valence-corrected chi connectivity index (χ0v) is 14.5. The molecule has 0 saturated heterocycles. The Morgan fingerprint density at radius 1 is 1.29 bits per heavy atom. The number of carboxylic acid groups (broad SMARTS) is 1. The lowest BCUT2D eigenvalue weighted by atomic mass is 9.82. The quantitative estimate of drug-likeness (QED) is 0.717. The van der Waals surface area contributed by atoms with E-state index >= 15 is 0 Å². The first-order chi connectivity index (χ1) is 11.5. The molecule has 7 nitrogen and oxygen atoms in total. The van der Waals surface area contributed by atoms with Gasteiger partial charge in [0, 0.05) is 25.3 Å². The maximum Gasteiger partial charge on any atom is 0.311 e. The second-order valence-corrected chi connectivity index (χ2v) is 6.60. The number of hydrogen-bond donors (Lipinski definition) is 2. The van der Waals surface area contributed by atoms with Crippen LogP contribution in [0.4, 0.5) is 0 Å². The number of nitrogens with zero attached hydrogens (tertiary/aromatic N) is 2. The molecule has 2 rings (SSSR count). The van der Waals surface area contributed by atoms with Gasteiger partial charge in [-0.3, -0.25) is 9.59 Å². The van der Waals surface area contributed by atoms with Gasteiger partial charge in [0.05, 0.1) is 5.41 Å². The average Bonchev–Trinajstić information content (AvgIpc) is 3.25. The molecular formula is C17H27N3O4. The van der Waals surface area contributed by atoms with Crippen LogP contribution in [0.2, 0.25) is 0 Å². The highest BCUT2D eigenvalue weighted by molar-refractivity contribution is 5.79. The van der Waals surface area contributed by atoms with Crippen molar-refractivity contribution >= 4 is 11.9 Å². The molecule has 0 aromatic carbocycles. The Kier molecular flexibility index (Phi) is 6.34. The SMILES string of the molecule is CCC(CC)(CNC(=O)CCc1nc(C2CCCC2)no1)C(=O)O. The maximum atomic E-state index is 12.0. The number of hydrogen-bond acceptors (Lipinski definition) is 5. The number of carbonyl (C=O) groups is 2. The molecule has 0 aliphatic heterocycles. The molecular weight excluding hydrogens is 310 g/mol. The molecule has 1 saturated carbocycles. The second-order valence-electron chi connectivity index (χ2n) is 6.60. The van der Waals surface area contributed by atoms with E-state index in [4.69, 9.17) is 4.52 Å². The van der Waals surface area contributed by atoms with E-state index in [0.717, 1.165) is 18.7 Å². The third kappa shape index (κ3) is 4.33. The first-order valence-electron chi connectivity index (χ1n) is 8.83. The van der Waals surface area contributed by atoms with Crippen LogP contribution in [0.5, 0.6) is 0 Å². The molecule has 1 heterocycles. The highest BCUT2D eigenvalue weighted by atomic mass is 16.5. The summed E-state index contributed by atoms with van der Waals surface area (Å²) < 4.78 is 5.22. The third-order valence-corrected chi connectivity index (χ3v) is 5.20. The smallest absolute Gasteiger partial charge is 0.311 e. The van der Waals surface area contributed by atoms with Gasteiger partial charge in [-0.05, 0) is 25.7 Å². The van der Waals surface area contributed by atoms with Crippen molar-refractivity contribution in [2.75, 3.05) is 6.54 Å². The van der Waals surface area contributed by atoms with E-state index in [1.807, 2.05) is 13.8 Å². The molecule has 1 fully saturated rings. The van der Waals surface area contributed by atoms with Crippen LogP contribution < -0.4 is 5.32 Å². The van der Waals surface area contributed by atoms with Crippen LogP contribution in [-0.2, 0) is 16.0 Å². The van der Waals surface area contributed by atoms with Gasteiger partial charge in [0.1, 0.15) is 0 Å². The molecule has 7 heteroatoms. The van der Waals surface area contributed by atoms with Gasteiger partial charge in [0.15, 0.2) is 5.82 Å². The maximum absolute atomic E-state index is 12.0. The Hall–Kier alpha value is -1.92. The van der Waals surface area contributed by atoms with Crippen molar-refractivity contribution in [1.29, 1.82) is 0 Å². The fourth-order valence-corrected chi connectivity index (χ4v) is 3.17. The lowest BCUT2D eigenvalue weighted by Gasteiger charge is -2.26. The third-order valence-electron chi connectivity index (χ3n) is 5.20. The van der Waals surface area contributed by atoms with Crippen LogP contribution in [0.3, 0.4) is 0 Å². The number of amides is 1. The Balaban J connectivity index is 1.79. The minimum Gasteiger partial charge on any atom is -0.481 e. The van der Waals surface area contributed by atoms with Gasteiger partial charge >= 0.3 is 5.97 Å². The van der Waals surface area contributed by atoms with Crippen LogP contribution in [0.15, 0.2) is 4.52 Å². The Labute approximate surface area is 142 Å². The molecule has 1 aromatic rings. The summed E-state index contributed by atoms with van der Waals surface area (Å²) in [4.78, 5) is 27.8. The van der Waals surface area contributed by atoms with E-state index in [1.54, 1.807) is 0 Å². The number of rotatable bonds is 9. The molecule has 24 heavy (non-hydrogen) atoms. The molecule has 1 amide bonds. The second kappa shape index (κ2) is 8.26. The van der Waals surface area contributed by atoms with E-state index in [9.17, 15) is 14.7 Å². The number of nitrogens with one attached hydrogen (secondary N) is 1. The Morgan fingerprint density at radius 2 is 1.96 bits per heavy atom. The summed E-state index contributed by atoms with van der Waals surface area (Å²) in [6.45, 7) is 3.80. The predicted octanol–water partition coefficient (Wildman–Crippen LogP) is 2.67. The minimum atomic E-state index is -0.893. The zero-order valence-electron chi connectivity index (χ0n) is 14.5. The number of carboxylic acids is 1. The molecule has 1 aromatic heterocycles. The van der Waals surface area contributed by atoms with Crippen LogP contribution in [0.1, 0.15) is 76.4 Å². The molecule has 134 valence electrons. The molecule has 0 unspecified atom stereocenters. The minimum absolute atomic E-state index is 0.144. The first-order valence-corrected chi connectivity index (χ1v) is 8.83. The number of aryl methyl sites for hydroxylation is 1. The molecule has 0 radical (unpaired) electrons. The molecule has 0 bridgehead atoms. The summed E-state index contributed by atoms with van der Waals surface area (Å²) in [5, 5.41) is 16.1. The monoisotopic (exact) mass is 337 g/mol. The summed E-state index contributed by atoms with van der Waals surface area (Å²) >= 11 is 0. The zero-order chi connectivity index (χ0) is 17.6. The van der Waals surface area contributed by atoms with Crippen molar-refractivity contribution in [3.63, 3.8) is 0 Å². The van der Waals surface area contributed by atoms with E-state index in [-0.39, 0.29) is 18.9 Å². The highest BCUT2D eigenvalue weighted by Crippen LogP contribution is 2.32. The Bertz CT molecular complexity index is 560. The average molecular weight is 337 g/mol. The van der Waals surface area contributed by atoms with E-state index in [0.29, 0.717) is 31.1 Å². The first kappa shape index (κ1) is 18.4. The normalized spacial score (nSPS) is 15.6. The van der Waals surface area contributed by atoms with Crippen LogP contribution in [0.25, 0.3) is 0 Å². The van der Waals surface area contributed by atoms with Crippen molar-refractivity contribution in [3.05, 3.63) is 11.7 Å². The molecule has 1 aliphatic carbocycles. The van der Waals surface area contributed by atoms with E-state index in [2.05, 4.69) is 15.5 Å². The summed E-state index contributed by atoms with van der Waals surface area (Å²) in [5.74, 6) is 0.558. The van der Waals surface area contributed by atoms with E-state index in [1.165, 1.54) is 12.8 Å². The predicted molar refractivity (Wildman–Crippen MR) is 87.5 cm³/mol. The standard InChI is InChI=1S/C17H27N3O4/c1-3-17(4-2,16(22)23)11-18-13(21)9-10-14-19-15(20-24-14)12-7-5-6-8-12/h12H,3-11H2,1-2H3,(H,18,21)(H,22,23). The number of carbonyl (C=O) groups excluding carboxylic acids is 1. The van der Waals surface area contributed by atoms with Crippen molar-refractivity contribution in [3.8, 4) is 0 Å². The fraction of sp³-hybridized carbons (Fsp3) is 0.765. The van der Waals surface area contributed by atoms with Crippen LogP contribution >= 0.6 is 0 Å². The highest BCUT2D eigenvalue weighted by Gasteiger charge is 2.35. The number of aliphatic carboxylic acids is 1. The van der Waals surface area contributed by atoms with Gasteiger partial charge in [-0.15, -0.1) is 0 Å². The molecule has 0 atom stereocenters. The van der Waals surface area contributed by atoms with Gasteiger partial charge in [-0.2, -0.15) is 4.98 Å². The van der Waals surface area contributed by atoms with Gasteiger partial charge in [0.2, 0.25) is 11.8 Å². The fourth-order valence-electron chi connectivity index (χ4n) is 3.17. The van der Waals surface area contributed by atoms with Crippen LogP contribution in [0, 0.1) is 5.41 Å². The lowest BCUT2D eigenvalue weighted by molar-refractivity contribution is -0.149. The van der Waals surface area contributed by atoms with Gasteiger partial charge in [-0.25, -0.2) is 0 Å². The van der Waals surface area contributed by atoms with Crippen molar-refractivity contribution in [1.82, 2.24) is 15.5 Å². The summed E-state index contributed by atoms with van der Waals surface area (Å²) in [7, 11) is 0. The van der Waals surface area contributed by atoms with Gasteiger partial charge in [-0.1, -0.05) is 31.8 Å². The van der Waals surface area contributed by atoms with E-state index < -0.39 is 11.4 Å². The summed E-state index contributed by atoms with van der Waals surface area (Å²) in [6.07, 6.45) is 6.17. The van der Waals surface area contributed by atoms with Gasteiger partial charge in [0.25, 0.3) is 0 Å².